The van der Waals surface area contributed by atoms with E-state index in [4.69, 9.17) is 0 Å². The van der Waals surface area contributed by atoms with Crippen LogP contribution in [0.15, 0.2) is 30.3 Å². The van der Waals surface area contributed by atoms with Crippen molar-refractivity contribution in [2.24, 2.45) is 0 Å². The molecule has 60 valence electrons. The molecule has 0 heterocycles. The molecule has 0 radical (unpaired) electrons. The Morgan fingerprint density at radius 2 is 1.64 bits per heavy atom. The van der Waals surface area contributed by atoms with Crippen LogP contribution in [0.3, 0.4) is 0 Å². The SMILES string of the molecule is [CH2-]CN(C)C.[Ti+2].c1cc[cH-]c1. The van der Waals surface area contributed by atoms with Crippen molar-refractivity contribution < 1.29 is 21.7 Å². The summed E-state index contributed by atoms with van der Waals surface area (Å²) in [7, 11) is 3.99. The molecule has 2 heteroatoms. The molecular formula is C9H15NTi. The Balaban J connectivity index is 0. The van der Waals surface area contributed by atoms with E-state index in [0.29, 0.717) is 0 Å². The van der Waals surface area contributed by atoms with Crippen LogP contribution in [0.5, 0.6) is 0 Å². The maximum absolute atomic E-state index is 3.61. The Labute approximate surface area is 84.7 Å². The summed E-state index contributed by atoms with van der Waals surface area (Å²) in [4.78, 5) is 2.01. The molecule has 1 rings (SSSR count). The van der Waals surface area contributed by atoms with Crippen LogP contribution in [0.4, 0.5) is 0 Å². The zero-order chi connectivity index (χ0) is 7.82. The molecule has 1 aromatic rings. The first-order valence-corrected chi connectivity index (χ1v) is 3.38. The van der Waals surface area contributed by atoms with Crippen molar-refractivity contribution in [3.05, 3.63) is 37.3 Å². The summed E-state index contributed by atoms with van der Waals surface area (Å²) in [6.45, 7) is 4.50. The molecule has 0 aliphatic rings. The predicted octanol–water partition coefficient (Wildman–Crippen LogP) is 1.79. The first-order valence-electron chi connectivity index (χ1n) is 3.38. The molecule has 0 bridgehead atoms. The molecule has 0 unspecified atom stereocenters. The maximum Gasteiger partial charge on any atom is 2.00 e. The van der Waals surface area contributed by atoms with Gasteiger partial charge in [-0.25, -0.2) is 12.1 Å². The molecule has 0 N–H and O–H groups in total. The molecule has 1 aromatic carbocycles. The van der Waals surface area contributed by atoms with E-state index in [0.717, 1.165) is 6.54 Å². The molecule has 0 aliphatic carbocycles. The second-order valence-corrected chi connectivity index (χ2v) is 2.27. The Hall–Kier alpha value is 0.0243. The first-order chi connectivity index (χ1) is 4.77. The van der Waals surface area contributed by atoms with Crippen molar-refractivity contribution in [1.29, 1.82) is 0 Å². The summed E-state index contributed by atoms with van der Waals surface area (Å²) in [5.74, 6) is 0. The van der Waals surface area contributed by atoms with Crippen LogP contribution in [-0.4, -0.2) is 25.5 Å². The Morgan fingerprint density at radius 1 is 1.27 bits per heavy atom. The van der Waals surface area contributed by atoms with Gasteiger partial charge >= 0.3 is 21.7 Å². The van der Waals surface area contributed by atoms with E-state index in [9.17, 15) is 0 Å². The molecule has 11 heavy (non-hydrogen) atoms. The van der Waals surface area contributed by atoms with Gasteiger partial charge in [0, 0.05) is 0 Å². The third-order valence-corrected chi connectivity index (χ3v) is 1.00. The predicted molar refractivity (Wildman–Crippen MR) is 45.9 cm³/mol. The van der Waals surface area contributed by atoms with Crippen molar-refractivity contribution in [3.63, 3.8) is 0 Å². The fourth-order valence-corrected chi connectivity index (χ4v) is 0.321. The Bertz CT molecular complexity index is 107. The van der Waals surface area contributed by atoms with E-state index in [-0.39, 0.29) is 21.7 Å². The number of rotatable bonds is 1. The quantitative estimate of drug-likeness (QED) is 0.476. The zero-order valence-electron chi connectivity index (χ0n) is 7.25. The van der Waals surface area contributed by atoms with E-state index in [1.807, 2.05) is 49.3 Å². The Morgan fingerprint density at radius 3 is 1.73 bits per heavy atom. The smallest absolute Gasteiger partial charge is 0.339 e. The van der Waals surface area contributed by atoms with Crippen molar-refractivity contribution >= 4 is 0 Å². The largest absolute Gasteiger partial charge is 2.00 e. The topological polar surface area (TPSA) is 3.24 Å². The molecule has 0 spiro atoms. The van der Waals surface area contributed by atoms with Crippen molar-refractivity contribution in [2.75, 3.05) is 20.6 Å². The maximum atomic E-state index is 3.61. The van der Waals surface area contributed by atoms with Gasteiger partial charge in [0.15, 0.2) is 0 Å². The minimum atomic E-state index is 0. The molecule has 0 aromatic heterocycles. The normalized spacial score (nSPS) is 8.00. The van der Waals surface area contributed by atoms with Crippen LogP contribution in [0.1, 0.15) is 0 Å². The number of hydrogen-bond donors (Lipinski definition) is 0. The van der Waals surface area contributed by atoms with Gasteiger partial charge in [0.2, 0.25) is 0 Å². The van der Waals surface area contributed by atoms with E-state index in [2.05, 4.69) is 6.92 Å². The van der Waals surface area contributed by atoms with Gasteiger partial charge in [-0.3, -0.25) is 0 Å². The molecule has 1 nitrogen and oxygen atoms in total. The van der Waals surface area contributed by atoms with Crippen LogP contribution in [0.2, 0.25) is 0 Å². The van der Waals surface area contributed by atoms with Crippen LogP contribution < -0.4 is 0 Å². The minimum Gasteiger partial charge on any atom is -0.339 e. The van der Waals surface area contributed by atoms with E-state index >= 15 is 0 Å². The van der Waals surface area contributed by atoms with Gasteiger partial charge in [-0.2, -0.15) is 18.2 Å². The van der Waals surface area contributed by atoms with E-state index < -0.39 is 0 Å². The molecule has 0 saturated carbocycles. The fraction of sp³-hybridized carbons (Fsp3) is 0.333. The third kappa shape index (κ3) is 13.1. The van der Waals surface area contributed by atoms with Crippen LogP contribution in [0, 0.1) is 6.92 Å². The van der Waals surface area contributed by atoms with Crippen molar-refractivity contribution in [1.82, 2.24) is 4.90 Å². The van der Waals surface area contributed by atoms with Gasteiger partial charge in [0.1, 0.15) is 0 Å². The van der Waals surface area contributed by atoms with Gasteiger partial charge in [-0.1, -0.05) is 0 Å². The van der Waals surface area contributed by atoms with Crippen LogP contribution >= 0.6 is 0 Å². The number of hydrogen-bond acceptors (Lipinski definition) is 1. The van der Waals surface area contributed by atoms with Crippen molar-refractivity contribution in [3.8, 4) is 0 Å². The Kier molecular flexibility index (Phi) is 12.4. The van der Waals surface area contributed by atoms with Crippen LogP contribution in [0.25, 0.3) is 0 Å². The molecule has 0 aliphatic heterocycles. The number of nitrogens with zero attached hydrogens (tertiary/aromatic N) is 1. The standard InChI is InChI=1S/C5H5.C4H10N.Ti/c1-2-4-5-3-1;1-4-5(2)3;/h1-5H;1,4H2,2-3H3;/q2*-1;+2. The molecule has 0 amide bonds. The molecule has 0 fully saturated rings. The minimum absolute atomic E-state index is 0. The van der Waals surface area contributed by atoms with E-state index in [1.54, 1.807) is 0 Å². The van der Waals surface area contributed by atoms with Gasteiger partial charge in [0.05, 0.1) is 0 Å². The summed E-state index contributed by atoms with van der Waals surface area (Å²) in [6.07, 6.45) is 0. The first kappa shape index (κ1) is 13.6. The molecular weight excluding hydrogens is 170 g/mol. The fourth-order valence-electron chi connectivity index (χ4n) is 0.321. The summed E-state index contributed by atoms with van der Waals surface area (Å²) in [5, 5.41) is 0. The summed E-state index contributed by atoms with van der Waals surface area (Å²) in [6, 6.07) is 10.0. The summed E-state index contributed by atoms with van der Waals surface area (Å²) in [5.41, 5.74) is 0. The van der Waals surface area contributed by atoms with Gasteiger partial charge in [-0.05, 0) is 14.1 Å². The monoisotopic (exact) mass is 185 g/mol. The second-order valence-electron chi connectivity index (χ2n) is 2.27. The van der Waals surface area contributed by atoms with E-state index in [1.165, 1.54) is 0 Å². The summed E-state index contributed by atoms with van der Waals surface area (Å²) >= 11 is 0. The average molecular weight is 185 g/mol. The van der Waals surface area contributed by atoms with Gasteiger partial charge in [0.25, 0.3) is 0 Å². The molecule has 0 atom stereocenters. The van der Waals surface area contributed by atoms with Crippen molar-refractivity contribution in [2.45, 2.75) is 0 Å². The second kappa shape index (κ2) is 10.0. The molecule has 0 saturated heterocycles. The third-order valence-electron chi connectivity index (χ3n) is 1.00. The van der Waals surface area contributed by atoms with Crippen LogP contribution in [-0.2, 0) is 21.7 Å². The zero-order valence-corrected chi connectivity index (χ0v) is 8.81. The average Bonchev–Trinajstić information content (AvgIpc) is 2.43. The van der Waals surface area contributed by atoms with Gasteiger partial charge < -0.3 is 11.8 Å². The summed E-state index contributed by atoms with van der Waals surface area (Å²) < 4.78 is 0. The van der Waals surface area contributed by atoms with Gasteiger partial charge in [-0.15, -0.1) is 6.54 Å².